The molecule has 1 amide bonds. The van der Waals surface area contributed by atoms with Crippen molar-refractivity contribution in [2.75, 3.05) is 5.75 Å². The van der Waals surface area contributed by atoms with E-state index < -0.39 is 0 Å². The number of aromatic nitrogens is 1. The Balaban J connectivity index is 1.71. The molecule has 21 heavy (non-hydrogen) atoms. The van der Waals surface area contributed by atoms with Gasteiger partial charge in [0, 0.05) is 22.6 Å². The molecule has 108 valence electrons. The van der Waals surface area contributed by atoms with Gasteiger partial charge in [0.05, 0.1) is 12.0 Å². The van der Waals surface area contributed by atoms with E-state index in [-0.39, 0.29) is 5.91 Å². The van der Waals surface area contributed by atoms with Crippen LogP contribution in [0.1, 0.15) is 11.1 Å². The summed E-state index contributed by atoms with van der Waals surface area (Å²) in [6.45, 7) is 0. The number of rotatable bonds is 6. The van der Waals surface area contributed by atoms with Gasteiger partial charge in [0.2, 0.25) is 5.91 Å². The van der Waals surface area contributed by atoms with E-state index in [1.807, 2.05) is 36.4 Å². The molecule has 1 aromatic heterocycles. The second kappa shape index (κ2) is 8.59. The van der Waals surface area contributed by atoms with Gasteiger partial charge in [-0.1, -0.05) is 34.1 Å². The number of hydrogen-bond donors (Lipinski definition) is 1. The number of hydrazone groups is 1. The molecular weight excluding hydrogens is 350 g/mol. The third kappa shape index (κ3) is 5.69. The number of benzene rings is 1. The fourth-order valence-electron chi connectivity index (χ4n) is 1.53. The summed E-state index contributed by atoms with van der Waals surface area (Å²) < 4.78 is 1.06. The zero-order valence-electron chi connectivity index (χ0n) is 11.2. The van der Waals surface area contributed by atoms with Crippen LogP contribution < -0.4 is 5.43 Å². The normalized spacial score (nSPS) is 10.7. The van der Waals surface area contributed by atoms with Gasteiger partial charge in [-0.05, 0) is 29.3 Å². The summed E-state index contributed by atoms with van der Waals surface area (Å²) in [6, 6.07) is 11.6. The summed E-state index contributed by atoms with van der Waals surface area (Å²) in [5, 5.41) is 3.91. The van der Waals surface area contributed by atoms with Crippen LogP contribution in [0.25, 0.3) is 0 Å². The molecule has 2 rings (SSSR count). The van der Waals surface area contributed by atoms with Crippen LogP contribution >= 0.6 is 27.7 Å². The maximum absolute atomic E-state index is 11.6. The van der Waals surface area contributed by atoms with E-state index in [9.17, 15) is 4.79 Å². The Morgan fingerprint density at radius 2 is 2.05 bits per heavy atom. The smallest absolute Gasteiger partial charge is 0.250 e. The highest BCUT2D eigenvalue weighted by Crippen LogP contribution is 2.20. The molecule has 1 heterocycles. The standard InChI is InChI=1S/C15H14BrN3OS/c16-14-4-2-1-3-13(14)10-21-11-15(20)19-18-9-12-5-7-17-8-6-12/h1-9H,10-11H2,(H,19,20). The van der Waals surface area contributed by atoms with Gasteiger partial charge < -0.3 is 0 Å². The molecule has 1 N–H and O–H groups in total. The van der Waals surface area contributed by atoms with Crippen molar-refractivity contribution in [3.63, 3.8) is 0 Å². The first-order valence-corrected chi connectivity index (χ1v) is 8.23. The molecule has 0 saturated carbocycles. The summed E-state index contributed by atoms with van der Waals surface area (Å²) >= 11 is 5.04. The summed E-state index contributed by atoms with van der Waals surface area (Å²) in [5.74, 6) is 1.04. The van der Waals surface area contributed by atoms with Crippen molar-refractivity contribution >= 4 is 39.8 Å². The fourth-order valence-corrected chi connectivity index (χ4v) is 2.96. The summed E-state index contributed by atoms with van der Waals surface area (Å²) in [5.41, 5.74) is 4.58. The van der Waals surface area contributed by atoms with Gasteiger partial charge in [0.25, 0.3) is 0 Å². The van der Waals surface area contributed by atoms with Crippen molar-refractivity contribution < 1.29 is 4.79 Å². The second-order valence-corrected chi connectivity index (χ2v) is 6.00. The lowest BCUT2D eigenvalue weighted by molar-refractivity contribution is -0.118. The van der Waals surface area contributed by atoms with Gasteiger partial charge >= 0.3 is 0 Å². The topological polar surface area (TPSA) is 54.4 Å². The highest BCUT2D eigenvalue weighted by atomic mass is 79.9. The first kappa shape index (κ1) is 15.7. The fraction of sp³-hybridized carbons (Fsp3) is 0.133. The number of pyridine rings is 1. The van der Waals surface area contributed by atoms with Gasteiger partial charge in [-0.25, -0.2) is 5.43 Å². The van der Waals surface area contributed by atoms with E-state index in [0.29, 0.717) is 5.75 Å². The predicted molar refractivity (Wildman–Crippen MR) is 90.3 cm³/mol. The summed E-state index contributed by atoms with van der Waals surface area (Å²) in [6.07, 6.45) is 4.95. The number of carbonyl (C=O) groups excluding carboxylic acids is 1. The molecule has 0 aliphatic rings. The van der Waals surface area contributed by atoms with Crippen LogP contribution in [-0.4, -0.2) is 22.9 Å². The van der Waals surface area contributed by atoms with Crippen LogP contribution in [0, 0.1) is 0 Å². The minimum Gasteiger partial charge on any atom is -0.272 e. The third-order valence-corrected chi connectivity index (χ3v) is 4.31. The zero-order valence-corrected chi connectivity index (χ0v) is 13.6. The van der Waals surface area contributed by atoms with Crippen LogP contribution in [0.4, 0.5) is 0 Å². The maximum Gasteiger partial charge on any atom is 0.250 e. The van der Waals surface area contributed by atoms with Crippen LogP contribution in [0.5, 0.6) is 0 Å². The van der Waals surface area contributed by atoms with Gasteiger partial charge in [0.1, 0.15) is 0 Å². The van der Waals surface area contributed by atoms with Crippen molar-refractivity contribution in [3.8, 4) is 0 Å². The highest BCUT2D eigenvalue weighted by Gasteiger charge is 2.02. The van der Waals surface area contributed by atoms with E-state index in [1.165, 1.54) is 5.56 Å². The first-order valence-electron chi connectivity index (χ1n) is 6.29. The SMILES string of the molecule is O=C(CSCc1ccccc1Br)NN=Cc1ccncc1. The van der Waals surface area contributed by atoms with Gasteiger partial charge in [-0.15, -0.1) is 11.8 Å². The molecule has 2 aromatic rings. The third-order valence-electron chi connectivity index (χ3n) is 2.56. The maximum atomic E-state index is 11.6. The summed E-state index contributed by atoms with van der Waals surface area (Å²) in [4.78, 5) is 15.5. The Morgan fingerprint density at radius 1 is 1.29 bits per heavy atom. The highest BCUT2D eigenvalue weighted by molar-refractivity contribution is 9.10. The van der Waals surface area contributed by atoms with Crippen LogP contribution in [0.2, 0.25) is 0 Å². The quantitative estimate of drug-likeness (QED) is 0.633. The van der Waals surface area contributed by atoms with Gasteiger partial charge in [-0.2, -0.15) is 5.10 Å². The largest absolute Gasteiger partial charge is 0.272 e. The molecule has 0 unspecified atom stereocenters. The molecule has 0 aliphatic carbocycles. The molecule has 4 nitrogen and oxygen atoms in total. The number of nitrogens with zero attached hydrogens (tertiary/aromatic N) is 2. The van der Waals surface area contributed by atoms with Crippen molar-refractivity contribution in [1.82, 2.24) is 10.4 Å². The number of halogens is 1. The first-order chi connectivity index (χ1) is 10.3. The van der Waals surface area contributed by atoms with Crippen LogP contribution in [0.3, 0.4) is 0 Å². The molecule has 0 atom stereocenters. The van der Waals surface area contributed by atoms with E-state index in [4.69, 9.17) is 0 Å². The van der Waals surface area contributed by atoms with Crippen LogP contribution in [-0.2, 0) is 10.5 Å². The lowest BCUT2D eigenvalue weighted by atomic mass is 10.2. The van der Waals surface area contributed by atoms with Crippen molar-refractivity contribution in [2.45, 2.75) is 5.75 Å². The zero-order chi connectivity index (χ0) is 14.9. The number of amides is 1. The average Bonchev–Trinajstić information content (AvgIpc) is 2.50. The molecule has 0 fully saturated rings. The Bertz CT molecular complexity index is 619. The lowest BCUT2D eigenvalue weighted by Crippen LogP contribution is -2.19. The molecule has 0 saturated heterocycles. The molecule has 1 aromatic carbocycles. The molecule has 0 radical (unpaired) electrons. The van der Waals surface area contributed by atoms with Crippen LogP contribution in [0.15, 0.2) is 58.4 Å². The predicted octanol–water partition coefficient (Wildman–Crippen LogP) is 3.23. The Labute approximate surface area is 136 Å². The second-order valence-electron chi connectivity index (χ2n) is 4.16. The Morgan fingerprint density at radius 3 is 2.81 bits per heavy atom. The minimum absolute atomic E-state index is 0.114. The van der Waals surface area contributed by atoms with E-state index in [0.717, 1.165) is 15.8 Å². The monoisotopic (exact) mass is 363 g/mol. The molecule has 0 bridgehead atoms. The molecule has 6 heteroatoms. The van der Waals surface area contributed by atoms with Gasteiger partial charge in [-0.3, -0.25) is 9.78 Å². The Kier molecular flexibility index (Phi) is 6.43. The molecule has 0 spiro atoms. The summed E-state index contributed by atoms with van der Waals surface area (Å²) in [7, 11) is 0. The van der Waals surface area contributed by atoms with E-state index in [2.05, 4.69) is 31.4 Å². The molecular formula is C15H14BrN3OS. The van der Waals surface area contributed by atoms with E-state index >= 15 is 0 Å². The number of carbonyl (C=O) groups is 1. The number of thioether (sulfide) groups is 1. The minimum atomic E-state index is -0.114. The van der Waals surface area contributed by atoms with Crippen molar-refractivity contribution in [2.24, 2.45) is 5.10 Å². The van der Waals surface area contributed by atoms with Crippen molar-refractivity contribution in [1.29, 1.82) is 0 Å². The number of hydrogen-bond acceptors (Lipinski definition) is 4. The molecule has 0 aliphatic heterocycles. The Hall–Kier alpha value is -1.66. The lowest BCUT2D eigenvalue weighted by Gasteiger charge is -2.03. The van der Waals surface area contributed by atoms with Crippen molar-refractivity contribution in [3.05, 3.63) is 64.4 Å². The number of nitrogens with one attached hydrogen (secondary N) is 1. The average molecular weight is 364 g/mol. The van der Waals surface area contributed by atoms with Gasteiger partial charge in [0.15, 0.2) is 0 Å². The van der Waals surface area contributed by atoms with E-state index in [1.54, 1.807) is 30.4 Å².